The highest BCUT2D eigenvalue weighted by molar-refractivity contribution is 6.36. The minimum atomic E-state index is -0.591. The Morgan fingerprint density at radius 1 is 0.861 bits per heavy atom. The summed E-state index contributed by atoms with van der Waals surface area (Å²) in [6.45, 7) is -0.428. The molecule has 1 aliphatic carbocycles. The highest BCUT2D eigenvalue weighted by Crippen LogP contribution is 2.34. The molecule has 1 aromatic heterocycles. The summed E-state index contributed by atoms with van der Waals surface area (Å²) < 4.78 is 5.42. The summed E-state index contributed by atoms with van der Waals surface area (Å²) in [5.74, 6) is -0.372. The van der Waals surface area contributed by atoms with Crippen LogP contribution in [-0.4, -0.2) is 23.3 Å². The van der Waals surface area contributed by atoms with Gasteiger partial charge in [-0.15, -0.1) is 0 Å². The van der Waals surface area contributed by atoms with Crippen molar-refractivity contribution in [2.24, 2.45) is 0 Å². The van der Waals surface area contributed by atoms with Gasteiger partial charge in [0.05, 0.1) is 21.8 Å². The highest BCUT2D eigenvalue weighted by atomic mass is 35.5. The van der Waals surface area contributed by atoms with Crippen LogP contribution in [0.2, 0.25) is 10.0 Å². The fourth-order valence-corrected chi connectivity index (χ4v) is 5.37. The second-order valence-corrected chi connectivity index (χ2v) is 10.00. The zero-order valence-corrected chi connectivity index (χ0v) is 21.2. The summed E-state index contributed by atoms with van der Waals surface area (Å²) >= 11 is 12.0. The number of carbonyl (C=O) groups is 2. The number of benzene rings is 3. The van der Waals surface area contributed by atoms with Crippen molar-refractivity contribution < 1.29 is 14.3 Å². The number of aromatic nitrogens is 1. The first-order valence-electron chi connectivity index (χ1n) is 12.1. The van der Waals surface area contributed by atoms with Crippen molar-refractivity contribution in [2.45, 2.75) is 38.0 Å². The first-order chi connectivity index (χ1) is 17.5. The van der Waals surface area contributed by atoms with Gasteiger partial charge in [0.1, 0.15) is 0 Å². The first-order valence-corrected chi connectivity index (χ1v) is 12.9. The van der Waals surface area contributed by atoms with Gasteiger partial charge in [-0.2, -0.15) is 0 Å². The van der Waals surface area contributed by atoms with Crippen molar-refractivity contribution in [1.82, 2.24) is 4.98 Å². The minimum absolute atomic E-state index is 0.219. The van der Waals surface area contributed by atoms with E-state index in [2.05, 4.69) is 24.3 Å². The molecule has 182 valence electrons. The molecule has 4 nitrogen and oxygen atoms in total. The molecule has 36 heavy (non-hydrogen) atoms. The second-order valence-electron chi connectivity index (χ2n) is 9.15. The van der Waals surface area contributed by atoms with Crippen molar-refractivity contribution in [3.8, 4) is 11.3 Å². The van der Waals surface area contributed by atoms with E-state index in [-0.39, 0.29) is 10.6 Å². The third-order valence-electron chi connectivity index (χ3n) is 6.79. The van der Waals surface area contributed by atoms with Crippen LogP contribution in [0.25, 0.3) is 22.2 Å². The molecule has 0 bridgehead atoms. The van der Waals surface area contributed by atoms with E-state index in [9.17, 15) is 9.59 Å². The van der Waals surface area contributed by atoms with Crippen LogP contribution in [0.1, 0.15) is 64.3 Å². The molecule has 1 fully saturated rings. The Morgan fingerprint density at radius 2 is 1.61 bits per heavy atom. The molecule has 0 aliphatic heterocycles. The molecule has 5 rings (SSSR count). The molecule has 0 radical (unpaired) electrons. The molecule has 1 heterocycles. The second kappa shape index (κ2) is 10.8. The Bertz CT molecular complexity index is 1430. The topological polar surface area (TPSA) is 56.3 Å². The van der Waals surface area contributed by atoms with Gasteiger partial charge in [0.25, 0.3) is 0 Å². The Kier molecular flexibility index (Phi) is 7.35. The average molecular weight is 518 g/mol. The third-order valence-corrected chi connectivity index (χ3v) is 7.33. The summed E-state index contributed by atoms with van der Waals surface area (Å²) in [4.78, 5) is 30.5. The molecule has 0 N–H and O–H groups in total. The van der Waals surface area contributed by atoms with Crippen LogP contribution >= 0.6 is 23.2 Å². The van der Waals surface area contributed by atoms with Crippen LogP contribution in [0.4, 0.5) is 0 Å². The van der Waals surface area contributed by atoms with Gasteiger partial charge in [0.2, 0.25) is 5.78 Å². The zero-order chi connectivity index (χ0) is 25.1. The largest absolute Gasteiger partial charge is 0.454 e. The normalized spacial score (nSPS) is 14.1. The molecule has 0 spiro atoms. The molecule has 0 atom stereocenters. The lowest BCUT2D eigenvalue weighted by molar-refractivity contribution is 0.0476. The first kappa shape index (κ1) is 24.5. The number of halogens is 2. The number of esters is 1. The van der Waals surface area contributed by atoms with Gasteiger partial charge in [0, 0.05) is 21.5 Å². The van der Waals surface area contributed by atoms with E-state index in [1.54, 1.807) is 12.1 Å². The van der Waals surface area contributed by atoms with E-state index in [1.165, 1.54) is 49.8 Å². The fraction of sp³-hybridized carbons (Fsp3) is 0.233. The van der Waals surface area contributed by atoms with Gasteiger partial charge >= 0.3 is 5.97 Å². The van der Waals surface area contributed by atoms with Crippen molar-refractivity contribution in [3.05, 3.63) is 99.5 Å². The molecule has 3 aromatic carbocycles. The summed E-state index contributed by atoms with van der Waals surface area (Å²) in [6.07, 6.45) is 6.38. The van der Waals surface area contributed by atoms with E-state index >= 15 is 0 Å². The van der Waals surface area contributed by atoms with Crippen LogP contribution in [0.15, 0.2) is 72.8 Å². The van der Waals surface area contributed by atoms with Crippen LogP contribution < -0.4 is 0 Å². The van der Waals surface area contributed by atoms with Crippen molar-refractivity contribution in [3.63, 3.8) is 0 Å². The molecule has 0 unspecified atom stereocenters. The van der Waals surface area contributed by atoms with Gasteiger partial charge in [-0.25, -0.2) is 9.78 Å². The van der Waals surface area contributed by atoms with Crippen LogP contribution in [0.3, 0.4) is 0 Å². The Balaban J connectivity index is 1.40. The zero-order valence-electron chi connectivity index (χ0n) is 19.7. The number of pyridine rings is 1. The van der Waals surface area contributed by atoms with Crippen molar-refractivity contribution in [2.75, 3.05) is 6.61 Å². The number of nitrogens with zero attached hydrogens (tertiary/aromatic N) is 1. The van der Waals surface area contributed by atoms with Gasteiger partial charge in [0.15, 0.2) is 6.61 Å². The number of carbonyl (C=O) groups excluding carboxylic acids is 2. The summed E-state index contributed by atoms with van der Waals surface area (Å²) in [5.41, 5.74) is 4.28. The molecular weight excluding hydrogens is 493 g/mol. The standard InChI is InChI=1S/C30H25Cl2NO3/c31-22-14-15-24(26(32)16-22)29(34)18-36-30(35)25-17-28(33-27-9-5-4-8-23(25)27)21-12-10-20(11-13-21)19-6-2-1-3-7-19/h4-5,8-17,19H,1-3,6-7,18H2. The maximum Gasteiger partial charge on any atom is 0.339 e. The summed E-state index contributed by atoms with van der Waals surface area (Å²) in [5, 5.41) is 1.31. The number of hydrogen-bond donors (Lipinski definition) is 0. The molecule has 1 aliphatic rings. The average Bonchev–Trinajstić information content (AvgIpc) is 2.91. The number of ether oxygens (including phenoxy) is 1. The molecule has 1 saturated carbocycles. The molecule has 0 amide bonds. The minimum Gasteiger partial charge on any atom is -0.454 e. The highest BCUT2D eigenvalue weighted by Gasteiger charge is 2.19. The molecular formula is C30H25Cl2NO3. The number of ketones is 1. The van der Waals surface area contributed by atoms with Crippen molar-refractivity contribution >= 4 is 45.9 Å². The Morgan fingerprint density at radius 3 is 2.36 bits per heavy atom. The number of para-hydroxylation sites is 1. The lowest BCUT2D eigenvalue weighted by Crippen LogP contribution is -2.15. The summed E-state index contributed by atoms with van der Waals surface area (Å²) in [6, 6.07) is 22.2. The predicted molar refractivity (Wildman–Crippen MR) is 144 cm³/mol. The monoisotopic (exact) mass is 517 g/mol. The lowest BCUT2D eigenvalue weighted by Gasteiger charge is -2.22. The SMILES string of the molecule is O=C(COC(=O)c1cc(-c2ccc(C3CCCCC3)cc2)nc2ccccc12)c1ccc(Cl)cc1Cl. The van der Waals surface area contributed by atoms with E-state index in [1.807, 2.05) is 24.3 Å². The molecule has 0 saturated heterocycles. The maximum absolute atomic E-state index is 13.1. The van der Waals surface area contributed by atoms with Gasteiger partial charge < -0.3 is 4.74 Å². The van der Waals surface area contributed by atoms with E-state index in [4.69, 9.17) is 32.9 Å². The Labute approximate surface area is 220 Å². The molecule has 6 heteroatoms. The molecule has 4 aromatic rings. The number of rotatable bonds is 6. The van der Waals surface area contributed by atoms with Crippen LogP contribution in [0, 0.1) is 0 Å². The third kappa shape index (κ3) is 5.30. The number of hydrogen-bond acceptors (Lipinski definition) is 4. The van der Waals surface area contributed by atoms with E-state index in [0.717, 1.165) is 5.56 Å². The van der Waals surface area contributed by atoms with E-state index < -0.39 is 18.4 Å². The Hall–Kier alpha value is -3.21. The van der Waals surface area contributed by atoms with Crippen molar-refractivity contribution in [1.29, 1.82) is 0 Å². The smallest absolute Gasteiger partial charge is 0.339 e. The van der Waals surface area contributed by atoms with Crippen LogP contribution in [-0.2, 0) is 4.74 Å². The predicted octanol–water partition coefficient (Wildman–Crippen LogP) is 8.30. The van der Waals surface area contributed by atoms with Gasteiger partial charge in [-0.1, -0.05) is 84.9 Å². The van der Waals surface area contributed by atoms with Gasteiger partial charge in [-0.05, 0) is 54.7 Å². The maximum atomic E-state index is 13.1. The fourth-order valence-electron chi connectivity index (χ4n) is 4.86. The lowest BCUT2D eigenvalue weighted by atomic mass is 9.84. The number of fused-ring (bicyclic) bond motifs is 1. The number of Topliss-reactive ketones (excluding diaryl/α,β-unsaturated/α-hetero) is 1. The van der Waals surface area contributed by atoms with Crippen LogP contribution in [0.5, 0.6) is 0 Å². The van der Waals surface area contributed by atoms with Gasteiger partial charge in [-0.3, -0.25) is 4.79 Å². The quantitative estimate of drug-likeness (QED) is 0.190. The van der Waals surface area contributed by atoms with E-state index in [0.29, 0.717) is 33.1 Å². The summed E-state index contributed by atoms with van der Waals surface area (Å²) in [7, 11) is 0.